The molecule has 48 heavy (non-hydrogen) atoms. The quantitative estimate of drug-likeness (QED) is 0.0688. The van der Waals surface area contributed by atoms with Crippen LogP contribution in [0, 0.1) is 0 Å². The smallest absolute Gasteiger partial charge is 0.348 e. The zero-order chi connectivity index (χ0) is 34.6. The van der Waals surface area contributed by atoms with E-state index in [1.54, 1.807) is 14.2 Å². The van der Waals surface area contributed by atoms with Crippen LogP contribution in [0.5, 0.6) is 0 Å². The fraction of sp³-hybridized carbons (Fsp3) is 0.941. The zero-order valence-electron chi connectivity index (χ0n) is 29.7. The number of carbonyl (C=O) groups excluding carboxylic acids is 2. The summed E-state index contributed by atoms with van der Waals surface area (Å²) in [5.41, 5.74) is 0. The Morgan fingerprint density at radius 2 is 0.604 bits per heavy atom. The van der Waals surface area contributed by atoms with Crippen molar-refractivity contribution in [2.24, 2.45) is 0 Å². The molecule has 1 saturated heterocycles. The van der Waals surface area contributed by atoms with E-state index >= 15 is 0 Å². The van der Waals surface area contributed by atoms with Gasteiger partial charge in [-0.25, -0.2) is 9.59 Å². The van der Waals surface area contributed by atoms with Gasteiger partial charge in [-0.15, -0.1) is 0 Å². The van der Waals surface area contributed by atoms with E-state index < -0.39 is 24.1 Å². The Labute approximate surface area is 287 Å². The fourth-order valence-corrected chi connectivity index (χ4v) is 4.46. The predicted molar refractivity (Wildman–Crippen MR) is 176 cm³/mol. The van der Waals surface area contributed by atoms with Gasteiger partial charge in [0.05, 0.1) is 106 Å². The molecule has 1 fully saturated rings. The van der Waals surface area contributed by atoms with E-state index in [0.717, 1.165) is 51.4 Å². The second kappa shape index (κ2) is 35.4. The molecule has 1 rings (SSSR count). The molecule has 1 heterocycles. The van der Waals surface area contributed by atoms with Crippen molar-refractivity contribution in [3.05, 3.63) is 0 Å². The summed E-state index contributed by atoms with van der Waals surface area (Å²) in [6.07, 6.45) is 6.59. The lowest BCUT2D eigenvalue weighted by Gasteiger charge is -2.27. The summed E-state index contributed by atoms with van der Waals surface area (Å²) in [4.78, 5) is 24.7. The average Bonchev–Trinajstić information content (AvgIpc) is 3.09. The molecule has 0 saturated carbocycles. The van der Waals surface area contributed by atoms with Gasteiger partial charge in [0, 0.05) is 27.4 Å². The SMILES string of the molecule is COCCOCCOCCOCCOCCCCCCC1OC(=O)C(CCCCCCOCCOCCOCCOCCOC)OC1=O. The van der Waals surface area contributed by atoms with E-state index in [-0.39, 0.29) is 0 Å². The van der Waals surface area contributed by atoms with Gasteiger partial charge in [-0.05, 0) is 38.5 Å². The summed E-state index contributed by atoms with van der Waals surface area (Å²) < 4.78 is 64.2. The molecule has 0 amide bonds. The molecular weight excluding hydrogens is 632 g/mol. The maximum atomic E-state index is 12.4. The number of rotatable bonds is 38. The Balaban J connectivity index is 1.84. The Kier molecular flexibility index (Phi) is 32.8. The maximum absolute atomic E-state index is 12.4. The summed E-state index contributed by atoms with van der Waals surface area (Å²) in [7, 11) is 3.28. The molecule has 0 bridgehead atoms. The molecule has 0 N–H and O–H groups in total. The third-order valence-corrected chi connectivity index (χ3v) is 7.15. The van der Waals surface area contributed by atoms with Crippen LogP contribution in [0.2, 0.25) is 0 Å². The first kappa shape index (κ1) is 44.6. The second-order valence-electron chi connectivity index (χ2n) is 11.1. The molecule has 2 unspecified atom stereocenters. The number of esters is 2. The van der Waals surface area contributed by atoms with Gasteiger partial charge in [0.1, 0.15) is 0 Å². The van der Waals surface area contributed by atoms with E-state index in [2.05, 4.69) is 0 Å². The highest BCUT2D eigenvalue weighted by atomic mass is 16.6. The molecule has 0 spiro atoms. The summed E-state index contributed by atoms with van der Waals surface area (Å²) >= 11 is 0. The van der Waals surface area contributed by atoms with Crippen molar-refractivity contribution in [1.82, 2.24) is 0 Å². The van der Waals surface area contributed by atoms with E-state index in [9.17, 15) is 9.59 Å². The van der Waals surface area contributed by atoms with Crippen LogP contribution >= 0.6 is 0 Å². The molecule has 0 aromatic rings. The summed E-state index contributed by atoms with van der Waals surface area (Å²) in [6, 6.07) is 0. The molecule has 1 aliphatic heterocycles. The van der Waals surface area contributed by atoms with Crippen LogP contribution in [0.15, 0.2) is 0 Å². The predicted octanol–water partition coefficient (Wildman–Crippen LogP) is 3.15. The van der Waals surface area contributed by atoms with Crippen LogP contribution in [0.1, 0.15) is 64.2 Å². The van der Waals surface area contributed by atoms with Crippen LogP contribution in [0.25, 0.3) is 0 Å². The van der Waals surface area contributed by atoms with Crippen LogP contribution < -0.4 is 0 Å². The summed E-state index contributed by atoms with van der Waals surface area (Å²) in [5, 5.41) is 0. The van der Waals surface area contributed by atoms with Crippen LogP contribution in [-0.4, -0.2) is 157 Å². The lowest BCUT2D eigenvalue weighted by atomic mass is 10.1. The Morgan fingerprint density at radius 1 is 0.354 bits per heavy atom. The van der Waals surface area contributed by atoms with Crippen molar-refractivity contribution in [1.29, 1.82) is 0 Å². The molecule has 2 atom stereocenters. The minimum Gasteiger partial charge on any atom is -0.448 e. The molecule has 14 nitrogen and oxygen atoms in total. The van der Waals surface area contributed by atoms with Gasteiger partial charge < -0.3 is 56.8 Å². The first-order valence-corrected chi connectivity index (χ1v) is 17.7. The van der Waals surface area contributed by atoms with E-state index in [1.165, 1.54) is 0 Å². The number of carbonyl (C=O) groups is 2. The largest absolute Gasteiger partial charge is 0.448 e. The average molecular weight is 697 g/mol. The van der Waals surface area contributed by atoms with Crippen molar-refractivity contribution in [2.75, 3.05) is 133 Å². The fourth-order valence-electron chi connectivity index (χ4n) is 4.46. The van der Waals surface area contributed by atoms with Gasteiger partial charge >= 0.3 is 11.9 Å². The van der Waals surface area contributed by atoms with Crippen molar-refractivity contribution < 1.29 is 66.4 Å². The zero-order valence-corrected chi connectivity index (χ0v) is 29.7. The van der Waals surface area contributed by atoms with Gasteiger partial charge in [0.2, 0.25) is 0 Å². The number of hydrogen-bond acceptors (Lipinski definition) is 14. The van der Waals surface area contributed by atoms with E-state index in [0.29, 0.717) is 132 Å². The monoisotopic (exact) mass is 696 g/mol. The standard InChI is InChI=1S/C34H64O14/c1-37-15-17-41-23-25-45-29-27-43-21-19-39-13-9-5-3-7-11-31-33(35)48-32(34(36)47-31)12-8-4-6-10-14-40-20-22-44-28-30-46-26-24-42-18-16-38-2/h31-32H,3-30H2,1-2H3. The number of methoxy groups -OCH3 is 2. The summed E-state index contributed by atoms with van der Waals surface area (Å²) in [5.74, 6) is -0.865. The molecule has 14 heteroatoms. The minimum atomic E-state index is -0.797. The summed E-state index contributed by atoms with van der Waals surface area (Å²) in [6.45, 7) is 10.1. The lowest BCUT2D eigenvalue weighted by Crippen LogP contribution is -2.43. The van der Waals surface area contributed by atoms with Gasteiger partial charge in [0.15, 0.2) is 12.2 Å². The van der Waals surface area contributed by atoms with Gasteiger partial charge in [0.25, 0.3) is 0 Å². The lowest BCUT2D eigenvalue weighted by molar-refractivity contribution is -0.196. The topological polar surface area (TPSA) is 145 Å². The molecule has 1 aliphatic rings. The Morgan fingerprint density at radius 3 is 0.896 bits per heavy atom. The van der Waals surface area contributed by atoms with Crippen molar-refractivity contribution in [2.45, 2.75) is 76.4 Å². The highest BCUT2D eigenvalue weighted by Crippen LogP contribution is 2.20. The highest BCUT2D eigenvalue weighted by Gasteiger charge is 2.37. The first-order valence-electron chi connectivity index (χ1n) is 17.7. The molecule has 0 aromatic heterocycles. The van der Waals surface area contributed by atoms with Gasteiger partial charge in [-0.1, -0.05) is 25.7 Å². The van der Waals surface area contributed by atoms with Crippen LogP contribution in [-0.2, 0) is 66.4 Å². The van der Waals surface area contributed by atoms with Crippen molar-refractivity contribution in [3.63, 3.8) is 0 Å². The first-order chi connectivity index (χ1) is 23.7. The molecule has 0 aliphatic carbocycles. The van der Waals surface area contributed by atoms with Crippen molar-refractivity contribution in [3.8, 4) is 0 Å². The second-order valence-corrected chi connectivity index (χ2v) is 11.1. The molecule has 284 valence electrons. The number of unbranched alkanes of at least 4 members (excludes halogenated alkanes) is 6. The number of cyclic esters (lactones) is 2. The van der Waals surface area contributed by atoms with Gasteiger partial charge in [-0.2, -0.15) is 0 Å². The third kappa shape index (κ3) is 28.4. The molecule has 0 aromatic carbocycles. The highest BCUT2D eigenvalue weighted by molar-refractivity contribution is 5.87. The van der Waals surface area contributed by atoms with E-state index in [1.807, 2.05) is 0 Å². The Hall–Kier alpha value is -1.46. The third-order valence-electron chi connectivity index (χ3n) is 7.15. The Bertz CT molecular complexity index is 655. The normalized spacial score (nSPS) is 16.4. The van der Waals surface area contributed by atoms with Crippen LogP contribution in [0.3, 0.4) is 0 Å². The van der Waals surface area contributed by atoms with Gasteiger partial charge in [-0.3, -0.25) is 0 Å². The number of ether oxygens (including phenoxy) is 12. The molecule has 0 radical (unpaired) electrons. The maximum Gasteiger partial charge on any atom is 0.348 e. The van der Waals surface area contributed by atoms with E-state index in [4.69, 9.17) is 56.8 Å². The van der Waals surface area contributed by atoms with Crippen LogP contribution in [0.4, 0.5) is 0 Å². The minimum absolute atomic E-state index is 0.433. The number of hydrogen-bond donors (Lipinski definition) is 0. The molecular formula is C34H64O14. The van der Waals surface area contributed by atoms with Crippen molar-refractivity contribution >= 4 is 11.9 Å².